The molecular weight excluding hydrogens is 142 g/mol. The molecular formula is C8H17NS. The van der Waals surface area contributed by atoms with Gasteiger partial charge in [0.2, 0.25) is 0 Å². The molecule has 0 aliphatic carbocycles. The average molecular weight is 159 g/mol. The lowest BCUT2D eigenvalue weighted by Crippen LogP contribution is -2.33. The zero-order chi connectivity index (χ0) is 7.40. The van der Waals surface area contributed by atoms with Crippen LogP contribution in [0.3, 0.4) is 0 Å². The molecule has 1 nitrogen and oxygen atoms in total. The summed E-state index contributed by atoms with van der Waals surface area (Å²) in [4.78, 5) is 0. The first-order chi connectivity index (χ1) is 4.79. The topological polar surface area (TPSA) is 12.0 Å². The van der Waals surface area contributed by atoms with Crippen LogP contribution >= 0.6 is 11.8 Å². The van der Waals surface area contributed by atoms with Crippen LogP contribution in [-0.2, 0) is 0 Å². The number of hydrogen-bond donors (Lipinski definition) is 1. The molecule has 1 fully saturated rings. The second kappa shape index (κ2) is 4.24. The van der Waals surface area contributed by atoms with Crippen molar-refractivity contribution >= 4 is 11.8 Å². The van der Waals surface area contributed by atoms with Crippen LogP contribution in [0.2, 0.25) is 0 Å². The van der Waals surface area contributed by atoms with Crippen molar-refractivity contribution in [3.8, 4) is 0 Å². The smallest absolute Gasteiger partial charge is 0.0175 e. The van der Waals surface area contributed by atoms with Crippen LogP contribution < -0.4 is 5.32 Å². The third-order valence-electron chi connectivity index (χ3n) is 1.74. The van der Waals surface area contributed by atoms with E-state index in [1.54, 1.807) is 0 Å². The number of rotatable bonds is 2. The number of hydrogen-bond acceptors (Lipinski definition) is 2. The lowest BCUT2D eigenvalue weighted by molar-refractivity contribution is 0.536. The molecule has 0 aromatic carbocycles. The zero-order valence-corrected chi connectivity index (χ0v) is 7.71. The maximum atomic E-state index is 3.42. The summed E-state index contributed by atoms with van der Waals surface area (Å²) in [5, 5.41) is 4.30. The SMILES string of the molecule is CC(C)C[C@@H]1CNCCS1. The summed E-state index contributed by atoms with van der Waals surface area (Å²) in [6.45, 7) is 7.03. The fourth-order valence-corrected chi connectivity index (χ4v) is 2.65. The molecule has 2 heteroatoms. The zero-order valence-electron chi connectivity index (χ0n) is 6.89. The Hall–Kier alpha value is 0.310. The average Bonchev–Trinajstić information content (AvgIpc) is 1.88. The van der Waals surface area contributed by atoms with E-state index in [1.165, 1.54) is 25.3 Å². The normalized spacial score (nSPS) is 27.3. The van der Waals surface area contributed by atoms with Crippen molar-refractivity contribution in [2.45, 2.75) is 25.5 Å². The Bertz CT molecular complexity index is 87.3. The molecule has 1 N–H and O–H groups in total. The first kappa shape index (κ1) is 8.41. The van der Waals surface area contributed by atoms with Gasteiger partial charge < -0.3 is 5.32 Å². The minimum absolute atomic E-state index is 0.859. The van der Waals surface area contributed by atoms with Gasteiger partial charge in [0.15, 0.2) is 0 Å². The Morgan fingerprint density at radius 2 is 2.40 bits per heavy atom. The van der Waals surface area contributed by atoms with Crippen LogP contribution in [0.5, 0.6) is 0 Å². The first-order valence-electron chi connectivity index (χ1n) is 4.11. The van der Waals surface area contributed by atoms with Crippen molar-refractivity contribution in [1.82, 2.24) is 5.32 Å². The van der Waals surface area contributed by atoms with Crippen molar-refractivity contribution < 1.29 is 0 Å². The first-order valence-corrected chi connectivity index (χ1v) is 5.16. The molecule has 1 aliphatic rings. The van der Waals surface area contributed by atoms with Crippen LogP contribution in [0.15, 0.2) is 0 Å². The molecule has 1 saturated heterocycles. The van der Waals surface area contributed by atoms with Gasteiger partial charge in [-0.15, -0.1) is 0 Å². The van der Waals surface area contributed by atoms with Gasteiger partial charge in [-0.2, -0.15) is 11.8 Å². The Balaban J connectivity index is 2.13. The van der Waals surface area contributed by atoms with Gasteiger partial charge in [0, 0.05) is 24.1 Å². The van der Waals surface area contributed by atoms with E-state index in [0.717, 1.165) is 11.2 Å². The molecule has 0 saturated carbocycles. The van der Waals surface area contributed by atoms with Crippen molar-refractivity contribution in [1.29, 1.82) is 0 Å². The van der Waals surface area contributed by atoms with Gasteiger partial charge in [0.25, 0.3) is 0 Å². The highest BCUT2D eigenvalue weighted by molar-refractivity contribution is 8.00. The van der Waals surface area contributed by atoms with Gasteiger partial charge in [-0.3, -0.25) is 0 Å². The van der Waals surface area contributed by atoms with Crippen LogP contribution in [0.25, 0.3) is 0 Å². The number of nitrogens with one attached hydrogen (secondary N) is 1. The quantitative estimate of drug-likeness (QED) is 0.658. The molecule has 1 aliphatic heterocycles. The monoisotopic (exact) mass is 159 g/mol. The summed E-state index contributed by atoms with van der Waals surface area (Å²) in [5.74, 6) is 2.16. The molecule has 60 valence electrons. The molecule has 0 spiro atoms. The van der Waals surface area contributed by atoms with E-state index in [1.807, 2.05) is 0 Å². The summed E-state index contributed by atoms with van der Waals surface area (Å²) >= 11 is 2.13. The Labute approximate surface area is 68.0 Å². The van der Waals surface area contributed by atoms with Gasteiger partial charge in [-0.05, 0) is 12.3 Å². The molecule has 0 aromatic rings. The maximum Gasteiger partial charge on any atom is 0.0175 e. The molecule has 0 unspecified atom stereocenters. The Morgan fingerprint density at radius 1 is 1.60 bits per heavy atom. The summed E-state index contributed by atoms with van der Waals surface area (Å²) in [5.41, 5.74) is 0. The number of thioether (sulfide) groups is 1. The minimum Gasteiger partial charge on any atom is -0.315 e. The van der Waals surface area contributed by atoms with E-state index in [0.29, 0.717) is 0 Å². The van der Waals surface area contributed by atoms with Gasteiger partial charge in [-0.1, -0.05) is 13.8 Å². The fourth-order valence-electron chi connectivity index (χ4n) is 1.30. The second-order valence-corrected chi connectivity index (χ2v) is 4.73. The Kier molecular flexibility index (Phi) is 3.57. The van der Waals surface area contributed by atoms with Crippen molar-refractivity contribution in [3.05, 3.63) is 0 Å². The molecule has 0 bridgehead atoms. The van der Waals surface area contributed by atoms with Crippen LogP contribution in [0.1, 0.15) is 20.3 Å². The molecule has 0 radical (unpaired) electrons. The van der Waals surface area contributed by atoms with Crippen molar-refractivity contribution in [3.63, 3.8) is 0 Å². The van der Waals surface area contributed by atoms with Crippen LogP contribution in [-0.4, -0.2) is 24.1 Å². The van der Waals surface area contributed by atoms with E-state index < -0.39 is 0 Å². The summed E-state index contributed by atoms with van der Waals surface area (Å²) in [7, 11) is 0. The lowest BCUT2D eigenvalue weighted by atomic mass is 10.1. The van der Waals surface area contributed by atoms with Gasteiger partial charge >= 0.3 is 0 Å². The summed E-state index contributed by atoms with van der Waals surface area (Å²) in [6, 6.07) is 0. The third kappa shape index (κ3) is 2.93. The Morgan fingerprint density at radius 3 is 2.90 bits per heavy atom. The molecule has 0 aromatic heterocycles. The fraction of sp³-hybridized carbons (Fsp3) is 1.00. The highest BCUT2D eigenvalue weighted by Crippen LogP contribution is 2.20. The van der Waals surface area contributed by atoms with Gasteiger partial charge in [0.1, 0.15) is 0 Å². The van der Waals surface area contributed by atoms with Crippen molar-refractivity contribution in [2.24, 2.45) is 5.92 Å². The second-order valence-electron chi connectivity index (χ2n) is 3.33. The molecule has 0 amide bonds. The largest absolute Gasteiger partial charge is 0.315 e. The van der Waals surface area contributed by atoms with E-state index in [9.17, 15) is 0 Å². The highest BCUT2D eigenvalue weighted by atomic mass is 32.2. The van der Waals surface area contributed by atoms with E-state index in [2.05, 4.69) is 30.9 Å². The molecule has 1 heterocycles. The van der Waals surface area contributed by atoms with E-state index in [4.69, 9.17) is 0 Å². The summed E-state index contributed by atoms with van der Waals surface area (Å²) < 4.78 is 0. The van der Waals surface area contributed by atoms with Crippen LogP contribution in [0, 0.1) is 5.92 Å². The van der Waals surface area contributed by atoms with Gasteiger partial charge in [0.05, 0.1) is 0 Å². The molecule has 1 rings (SSSR count). The lowest BCUT2D eigenvalue weighted by Gasteiger charge is -2.23. The molecule has 1 atom stereocenters. The van der Waals surface area contributed by atoms with E-state index in [-0.39, 0.29) is 0 Å². The standard InChI is InChI=1S/C8H17NS/c1-7(2)5-8-6-9-3-4-10-8/h7-9H,3-6H2,1-2H3/t8-/m1/s1. The van der Waals surface area contributed by atoms with Crippen LogP contribution in [0.4, 0.5) is 0 Å². The summed E-state index contributed by atoms with van der Waals surface area (Å²) in [6.07, 6.45) is 1.37. The van der Waals surface area contributed by atoms with Gasteiger partial charge in [-0.25, -0.2) is 0 Å². The third-order valence-corrected chi connectivity index (χ3v) is 3.01. The molecule has 10 heavy (non-hydrogen) atoms. The highest BCUT2D eigenvalue weighted by Gasteiger charge is 2.13. The van der Waals surface area contributed by atoms with Crippen molar-refractivity contribution in [2.75, 3.05) is 18.8 Å². The van der Waals surface area contributed by atoms with E-state index >= 15 is 0 Å². The maximum absolute atomic E-state index is 3.42. The predicted molar refractivity (Wildman–Crippen MR) is 48.6 cm³/mol. The minimum atomic E-state index is 0.859. The predicted octanol–water partition coefficient (Wildman–Crippen LogP) is 1.74.